The molecule has 23 heavy (non-hydrogen) atoms. The third kappa shape index (κ3) is 4.49. The lowest BCUT2D eigenvalue weighted by Gasteiger charge is -2.08. The topological polar surface area (TPSA) is 79.9 Å². The molecule has 2 aromatic rings. The van der Waals surface area contributed by atoms with E-state index in [0.717, 1.165) is 0 Å². The SMILES string of the molecule is C=CCNC(=O)[C@H](C)Sc1n[nH]c(-c2cc(Cl)ccc2OC)n1. The second kappa shape index (κ2) is 8.03. The monoisotopic (exact) mass is 352 g/mol. The molecule has 0 radical (unpaired) electrons. The molecular weight excluding hydrogens is 336 g/mol. The molecule has 1 aromatic heterocycles. The summed E-state index contributed by atoms with van der Waals surface area (Å²) in [5, 5.41) is 10.4. The number of nitrogens with zero attached hydrogens (tertiary/aromatic N) is 2. The molecule has 0 aliphatic heterocycles. The van der Waals surface area contributed by atoms with E-state index in [1.807, 2.05) is 0 Å². The number of amides is 1. The van der Waals surface area contributed by atoms with Crippen molar-refractivity contribution in [2.45, 2.75) is 17.3 Å². The van der Waals surface area contributed by atoms with Crippen LogP contribution in [-0.2, 0) is 4.79 Å². The van der Waals surface area contributed by atoms with Gasteiger partial charge < -0.3 is 10.1 Å². The van der Waals surface area contributed by atoms with Crippen LogP contribution in [0.3, 0.4) is 0 Å². The molecule has 0 aliphatic rings. The summed E-state index contributed by atoms with van der Waals surface area (Å²) in [6, 6.07) is 5.25. The second-order valence-electron chi connectivity index (χ2n) is 4.61. The number of hydrogen-bond donors (Lipinski definition) is 2. The van der Waals surface area contributed by atoms with E-state index in [1.54, 1.807) is 38.3 Å². The van der Waals surface area contributed by atoms with E-state index in [-0.39, 0.29) is 11.2 Å². The minimum Gasteiger partial charge on any atom is -0.496 e. The fourth-order valence-corrected chi connectivity index (χ4v) is 2.73. The fourth-order valence-electron chi connectivity index (χ4n) is 1.81. The van der Waals surface area contributed by atoms with E-state index >= 15 is 0 Å². The van der Waals surface area contributed by atoms with Crippen LogP contribution in [0, 0.1) is 0 Å². The summed E-state index contributed by atoms with van der Waals surface area (Å²) in [6.07, 6.45) is 1.63. The van der Waals surface area contributed by atoms with Crippen molar-refractivity contribution in [3.63, 3.8) is 0 Å². The molecule has 122 valence electrons. The predicted molar refractivity (Wildman–Crippen MR) is 91.9 cm³/mol. The lowest BCUT2D eigenvalue weighted by atomic mass is 10.2. The zero-order valence-electron chi connectivity index (χ0n) is 12.8. The molecule has 0 fully saturated rings. The number of rotatable bonds is 7. The molecule has 0 saturated heterocycles. The molecule has 0 aliphatic carbocycles. The quantitative estimate of drug-likeness (QED) is 0.591. The summed E-state index contributed by atoms with van der Waals surface area (Å²) in [4.78, 5) is 16.2. The van der Waals surface area contributed by atoms with Crippen molar-refractivity contribution in [2.75, 3.05) is 13.7 Å². The number of ether oxygens (including phenoxy) is 1. The number of carbonyl (C=O) groups is 1. The number of aromatic amines is 1. The summed E-state index contributed by atoms with van der Waals surface area (Å²) in [5.74, 6) is 1.08. The Labute approximate surface area is 143 Å². The van der Waals surface area contributed by atoms with E-state index in [2.05, 4.69) is 27.1 Å². The standard InChI is InChI=1S/C15H17ClN4O2S/c1-4-7-17-14(21)9(2)23-15-18-13(19-20-15)11-8-10(16)5-6-12(11)22-3/h4-6,8-9H,1,7H2,2-3H3,(H,17,21)(H,18,19,20)/t9-/m0/s1. The van der Waals surface area contributed by atoms with Crippen molar-refractivity contribution in [3.8, 4) is 17.1 Å². The number of H-pyrrole nitrogens is 1. The number of halogens is 1. The van der Waals surface area contributed by atoms with Crippen molar-refractivity contribution in [3.05, 3.63) is 35.9 Å². The lowest BCUT2D eigenvalue weighted by molar-refractivity contribution is -0.120. The van der Waals surface area contributed by atoms with Crippen LogP contribution in [0.2, 0.25) is 5.02 Å². The summed E-state index contributed by atoms with van der Waals surface area (Å²) < 4.78 is 5.30. The number of nitrogens with one attached hydrogen (secondary N) is 2. The minimum atomic E-state index is -0.320. The van der Waals surface area contributed by atoms with Gasteiger partial charge in [-0.3, -0.25) is 9.89 Å². The number of hydrogen-bond acceptors (Lipinski definition) is 5. The van der Waals surface area contributed by atoms with Crippen LogP contribution in [-0.4, -0.2) is 40.0 Å². The summed E-state index contributed by atoms with van der Waals surface area (Å²) in [5.41, 5.74) is 0.711. The smallest absolute Gasteiger partial charge is 0.233 e. The number of carbonyl (C=O) groups excluding carboxylic acids is 1. The molecule has 1 atom stereocenters. The molecule has 1 amide bonds. The van der Waals surface area contributed by atoms with Gasteiger partial charge in [-0.05, 0) is 25.1 Å². The van der Waals surface area contributed by atoms with Crippen LogP contribution in [0.5, 0.6) is 5.75 Å². The Kier molecular flexibility index (Phi) is 6.06. The average Bonchev–Trinajstić information content (AvgIpc) is 3.00. The van der Waals surface area contributed by atoms with E-state index in [0.29, 0.717) is 33.9 Å². The van der Waals surface area contributed by atoms with Gasteiger partial charge in [-0.2, -0.15) is 0 Å². The largest absolute Gasteiger partial charge is 0.496 e. The van der Waals surface area contributed by atoms with Gasteiger partial charge in [-0.25, -0.2) is 4.98 Å². The molecule has 0 saturated carbocycles. The Morgan fingerprint density at radius 2 is 2.39 bits per heavy atom. The van der Waals surface area contributed by atoms with Crippen LogP contribution >= 0.6 is 23.4 Å². The normalized spacial score (nSPS) is 11.8. The maximum atomic E-state index is 11.8. The van der Waals surface area contributed by atoms with Crippen molar-refractivity contribution < 1.29 is 9.53 Å². The maximum absolute atomic E-state index is 11.8. The molecule has 0 bridgehead atoms. The molecule has 8 heteroatoms. The van der Waals surface area contributed by atoms with Gasteiger partial charge in [0.2, 0.25) is 11.1 Å². The lowest BCUT2D eigenvalue weighted by Crippen LogP contribution is -2.30. The second-order valence-corrected chi connectivity index (χ2v) is 6.35. The van der Waals surface area contributed by atoms with Gasteiger partial charge in [0.15, 0.2) is 5.82 Å². The predicted octanol–water partition coefficient (Wildman–Crippen LogP) is 2.92. The van der Waals surface area contributed by atoms with Gasteiger partial charge in [-0.15, -0.1) is 11.7 Å². The van der Waals surface area contributed by atoms with Gasteiger partial charge in [0, 0.05) is 11.6 Å². The minimum absolute atomic E-state index is 0.0958. The molecule has 1 aromatic carbocycles. The average molecular weight is 353 g/mol. The number of methoxy groups -OCH3 is 1. The maximum Gasteiger partial charge on any atom is 0.233 e. The zero-order valence-corrected chi connectivity index (χ0v) is 14.4. The third-order valence-corrected chi connectivity index (χ3v) is 4.15. The van der Waals surface area contributed by atoms with E-state index < -0.39 is 0 Å². The molecule has 1 heterocycles. The number of aromatic nitrogens is 3. The molecular formula is C15H17ClN4O2S. The van der Waals surface area contributed by atoms with Gasteiger partial charge in [-0.1, -0.05) is 29.4 Å². The van der Waals surface area contributed by atoms with Gasteiger partial charge in [0.05, 0.1) is 17.9 Å². The molecule has 6 nitrogen and oxygen atoms in total. The molecule has 2 rings (SSSR count). The van der Waals surface area contributed by atoms with Crippen LogP contribution < -0.4 is 10.1 Å². The van der Waals surface area contributed by atoms with Gasteiger partial charge in [0.25, 0.3) is 0 Å². The first-order chi connectivity index (χ1) is 11.0. The first-order valence-electron chi connectivity index (χ1n) is 6.86. The Balaban J connectivity index is 2.13. The van der Waals surface area contributed by atoms with Crippen molar-refractivity contribution in [2.24, 2.45) is 0 Å². The third-order valence-electron chi connectivity index (χ3n) is 2.95. The van der Waals surface area contributed by atoms with Crippen molar-refractivity contribution >= 4 is 29.3 Å². The number of thioether (sulfide) groups is 1. The van der Waals surface area contributed by atoms with E-state index in [1.165, 1.54) is 11.8 Å². The van der Waals surface area contributed by atoms with E-state index in [9.17, 15) is 4.79 Å². The Morgan fingerprint density at radius 1 is 1.61 bits per heavy atom. The zero-order chi connectivity index (χ0) is 16.8. The summed E-state index contributed by atoms with van der Waals surface area (Å²) >= 11 is 7.28. The number of benzene rings is 1. The first-order valence-corrected chi connectivity index (χ1v) is 8.12. The molecule has 0 unspecified atom stereocenters. The summed E-state index contributed by atoms with van der Waals surface area (Å²) in [7, 11) is 1.57. The van der Waals surface area contributed by atoms with Crippen LogP contribution in [0.1, 0.15) is 6.92 Å². The Hall–Kier alpha value is -1.99. The van der Waals surface area contributed by atoms with Gasteiger partial charge in [0.1, 0.15) is 5.75 Å². The van der Waals surface area contributed by atoms with Crippen molar-refractivity contribution in [1.82, 2.24) is 20.5 Å². The van der Waals surface area contributed by atoms with Crippen LogP contribution in [0.15, 0.2) is 36.0 Å². The first kappa shape index (κ1) is 17.4. The van der Waals surface area contributed by atoms with Gasteiger partial charge >= 0.3 is 0 Å². The highest BCUT2D eigenvalue weighted by atomic mass is 35.5. The van der Waals surface area contributed by atoms with Crippen LogP contribution in [0.25, 0.3) is 11.4 Å². The highest BCUT2D eigenvalue weighted by Crippen LogP contribution is 2.31. The van der Waals surface area contributed by atoms with E-state index in [4.69, 9.17) is 16.3 Å². The molecule has 0 spiro atoms. The highest BCUT2D eigenvalue weighted by Gasteiger charge is 2.18. The fraction of sp³-hybridized carbons (Fsp3) is 0.267. The Bertz CT molecular complexity index is 705. The van der Waals surface area contributed by atoms with Crippen LogP contribution in [0.4, 0.5) is 0 Å². The molecule has 2 N–H and O–H groups in total. The highest BCUT2D eigenvalue weighted by molar-refractivity contribution is 8.00. The van der Waals surface area contributed by atoms with Crippen molar-refractivity contribution in [1.29, 1.82) is 0 Å². The summed E-state index contributed by atoms with van der Waals surface area (Å²) in [6.45, 7) is 5.79. The Morgan fingerprint density at radius 3 is 3.09 bits per heavy atom.